The summed E-state index contributed by atoms with van der Waals surface area (Å²) in [5.41, 5.74) is 4.85. The molecular formula is C41H65NO7. The van der Waals surface area contributed by atoms with E-state index in [-0.39, 0.29) is 12.0 Å². The van der Waals surface area contributed by atoms with Gasteiger partial charge in [-0.1, -0.05) is 133 Å². The molecule has 1 amide bonds. The van der Waals surface area contributed by atoms with Crippen LogP contribution in [0.5, 0.6) is 0 Å². The molecule has 0 heterocycles. The first-order chi connectivity index (χ1) is 24.2. The maximum Gasteiger partial charge on any atom is 0.409 e. The lowest BCUT2D eigenvalue weighted by molar-refractivity contribution is -0.0121. The van der Waals surface area contributed by atoms with Gasteiger partial charge in [0.05, 0.1) is 59.5 Å². The van der Waals surface area contributed by atoms with Gasteiger partial charge in [-0.25, -0.2) is 4.79 Å². The van der Waals surface area contributed by atoms with E-state index in [1.807, 2.05) is 24.3 Å². The molecule has 0 aromatic heterocycles. The van der Waals surface area contributed by atoms with E-state index in [2.05, 4.69) is 31.2 Å². The molecule has 0 radical (unpaired) electrons. The lowest BCUT2D eigenvalue weighted by Gasteiger charge is -2.19. The number of unbranched alkanes of at least 4 members (excludes halogenated alkanes) is 12. The second kappa shape index (κ2) is 27.3. The van der Waals surface area contributed by atoms with Gasteiger partial charge in [-0.3, -0.25) is 0 Å². The third-order valence-corrected chi connectivity index (χ3v) is 9.10. The fourth-order valence-electron chi connectivity index (χ4n) is 6.20. The second-order valence-electron chi connectivity index (χ2n) is 13.0. The van der Waals surface area contributed by atoms with Gasteiger partial charge in [0.2, 0.25) is 0 Å². The molecule has 0 saturated carbocycles. The Morgan fingerprint density at radius 1 is 0.531 bits per heavy atom. The number of amides is 1. The number of hydrogen-bond donors (Lipinski definition) is 0. The van der Waals surface area contributed by atoms with Gasteiger partial charge in [0.15, 0.2) is 0 Å². The zero-order valence-corrected chi connectivity index (χ0v) is 30.7. The minimum Gasteiger partial charge on any atom is -0.448 e. The molecule has 0 aliphatic heterocycles. The summed E-state index contributed by atoms with van der Waals surface area (Å²) >= 11 is 0. The summed E-state index contributed by atoms with van der Waals surface area (Å²) in [6.07, 6.45) is 17.4. The number of benzene rings is 2. The highest BCUT2D eigenvalue weighted by atomic mass is 16.6. The number of ether oxygens (including phenoxy) is 6. The van der Waals surface area contributed by atoms with Gasteiger partial charge in [0.25, 0.3) is 0 Å². The summed E-state index contributed by atoms with van der Waals surface area (Å²) in [6, 6.07) is 16.7. The van der Waals surface area contributed by atoms with Crippen molar-refractivity contribution in [2.24, 2.45) is 0 Å². The first-order valence-corrected chi connectivity index (χ1v) is 19.2. The Kier molecular flexibility index (Phi) is 22.8. The van der Waals surface area contributed by atoms with Crippen molar-refractivity contribution in [1.29, 1.82) is 0 Å². The molecule has 0 unspecified atom stereocenters. The number of hydrogen-bond acceptors (Lipinski definition) is 7. The summed E-state index contributed by atoms with van der Waals surface area (Å²) in [6.45, 7) is 8.59. The number of rotatable bonds is 31. The molecule has 2 aromatic carbocycles. The van der Waals surface area contributed by atoms with Crippen LogP contribution in [0, 0.1) is 0 Å². The first-order valence-electron chi connectivity index (χ1n) is 19.2. The maximum absolute atomic E-state index is 12.6. The minimum atomic E-state index is -0.347. The zero-order valence-electron chi connectivity index (χ0n) is 30.7. The average molecular weight is 684 g/mol. The summed E-state index contributed by atoms with van der Waals surface area (Å²) in [4.78, 5) is 14.2. The van der Waals surface area contributed by atoms with Crippen LogP contribution in [0.25, 0.3) is 11.1 Å². The lowest BCUT2D eigenvalue weighted by Crippen LogP contribution is -2.32. The molecule has 0 spiro atoms. The molecule has 8 heteroatoms. The number of nitrogens with zero attached hydrogens (tertiary/aromatic N) is 1. The zero-order chi connectivity index (χ0) is 34.6. The van der Waals surface area contributed by atoms with Crippen LogP contribution in [0.3, 0.4) is 0 Å². The fourth-order valence-corrected chi connectivity index (χ4v) is 6.20. The minimum absolute atomic E-state index is 0.0535. The van der Waals surface area contributed by atoms with E-state index < -0.39 is 0 Å². The summed E-state index contributed by atoms with van der Waals surface area (Å²) in [7, 11) is 1.73. The van der Waals surface area contributed by atoms with Crippen LogP contribution in [0.2, 0.25) is 0 Å². The third kappa shape index (κ3) is 17.3. The highest BCUT2D eigenvalue weighted by Gasteiger charge is 2.29. The first kappa shape index (κ1) is 40.9. The summed E-state index contributed by atoms with van der Waals surface area (Å²) in [5.74, 6) is 0.0535. The van der Waals surface area contributed by atoms with Crippen LogP contribution in [-0.2, 0) is 28.4 Å². The molecule has 49 heavy (non-hydrogen) atoms. The molecule has 276 valence electrons. The lowest BCUT2D eigenvalue weighted by atomic mass is 9.98. The van der Waals surface area contributed by atoms with Crippen molar-refractivity contribution in [1.82, 2.24) is 4.90 Å². The molecule has 0 bridgehead atoms. The summed E-state index contributed by atoms with van der Waals surface area (Å²) in [5, 5.41) is 0. The molecule has 0 N–H and O–H groups in total. The van der Waals surface area contributed by atoms with Gasteiger partial charge in [-0.2, -0.15) is 0 Å². The topological polar surface area (TPSA) is 75.7 Å². The molecular weight excluding hydrogens is 618 g/mol. The molecule has 8 nitrogen and oxygen atoms in total. The molecule has 1 aliphatic rings. The van der Waals surface area contributed by atoms with Crippen LogP contribution < -0.4 is 0 Å². The van der Waals surface area contributed by atoms with Crippen LogP contribution in [0.1, 0.15) is 107 Å². The van der Waals surface area contributed by atoms with E-state index in [0.717, 1.165) is 13.0 Å². The third-order valence-electron chi connectivity index (χ3n) is 9.10. The van der Waals surface area contributed by atoms with Crippen molar-refractivity contribution < 1.29 is 33.2 Å². The molecule has 0 fully saturated rings. The van der Waals surface area contributed by atoms with E-state index in [1.54, 1.807) is 11.9 Å². The van der Waals surface area contributed by atoms with Crippen molar-refractivity contribution in [3.8, 4) is 11.1 Å². The second-order valence-corrected chi connectivity index (χ2v) is 13.0. The Morgan fingerprint density at radius 2 is 0.918 bits per heavy atom. The van der Waals surface area contributed by atoms with E-state index in [1.165, 1.54) is 99.3 Å². The van der Waals surface area contributed by atoms with Crippen molar-refractivity contribution in [3.05, 3.63) is 59.7 Å². The van der Waals surface area contributed by atoms with Gasteiger partial charge in [-0.15, -0.1) is 0 Å². The van der Waals surface area contributed by atoms with Gasteiger partial charge in [0, 0.05) is 26.1 Å². The van der Waals surface area contributed by atoms with Crippen molar-refractivity contribution >= 4 is 6.09 Å². The van der Waals surface area contributed by atoms with E-state index in [9.17, 15) is 4.79 Å². The number of likely N-dealkylation sites (N-methyl/N-ethyl adjacent to an activating group) is 1. The predicted molar refractivity (Wildman–Crippen MR) is 197 cm³/mol. The van der Waals surface area contributed by atoms with Crippen LogP contribution in [-0.4, -0.2) is 97.3 Å². The monoisotopic (exact) mass is 683 g/mol. The SMILES string of the molecule is CCCCCCCCCCCCCCCOCCOCCOCCOCCOCCN(C)C(=O)OCC1c2ccccc2-c2ccccc21. The van der Waals surface area contributed by atoms with Gasteiger partial charge >= 0.3 is 6.09 Å². The average Bonchev–Trinajstić information content (AvgIpc) is 3.45. The largest absolute Gasteiger partial charge is 0.448 e. The Hall–Kier alpha value is -2.49. The Balaban J connectivity index is 1.01. The normalized spacial score (nSPS) is 12.3. The molecule has 2 aromatic rings. The predicted octanol–water partition coefficient (Wildman–Crippen LogP) is 9.04. The molecule has 3 rings (SSSR count). The van der Waals surface area contributed by atoms with E-state index in [4.69, 9.17) is 28.4 Å². The smallest absolute Gasteiger partial charge is 0.409 e. The number of carbonyl (C=O) groups excluding carboxylic acids is 1. The number of fused-ring (bicyclic) bond motifs is 3. The van der Waals surface area contributed by atoms with Gasteiger partial charge in [-0.05, 0) is 28.7 Å². The van der Waals surface area contributed by atoms with Crippen LogP contribution >= 0.6 is 0 Å². The van der Waals surface area contributed by atoms with Crippen molar-refractivity contribution in [2.75, 3.05) is 86.3 Å². The standard InChI is InChI=1S/C41H65NO7/c1-3-4-5-6-7-8-9-10-11-12-13-14-19-25-44-27-29-46-31-33-48-34-32-47-30-28-45-26-24-42(2)41(43)49-35-40-38-22-17-15-20-36(38)37-21-16-18-23-39(37)40/h15-18,20-23,40H,3-14,19,24-35H2,1-2H3. The van der Waals surface area contributed by atoms with E-state index in [0.29, 0.717) is 72.6 Å². The maximum atomic E-state index is 12.6. The highest BCUT2D eigenvalue weighted by molar-refractivity contribution is 5.79. The van der Waals surface area contributed by atoms with E-state index >= 15 is 0 Å². The van der Waals surface area contributed by atoms with Crippen LogP contribution in [0.4, 0.5) is 4.79 Å². The molecule has 0 saturated heterocycles. The Labute approximate surface area is 297 Å². The Bertz CT molecular complexity index is 1070. The molecule has 0 atom stereocenters. The fraction of sp³-hybridized carbons (Fsp3) is 0.683. The van der Waals surface area contributed by atoms with Gasteiger partial charge < -0.3 is 33.3 Å². The summed E-state index contributed by atoms with van der Waals surface area (Å²) < 4.78 is 33.7. The Morgan fingerprint density at radius 3 is 1.39 bits per heavy atom. The van der Waals surface area contributed by atoms with Crippen LogP contribution in [0.15, 0.2) is 48.5 Å². The van der Waals surface area contributed by atoms with Crippen molar-refractivity contribution in [3.63, 3.8) is 0 Å². The van der Waals surface area contributed by atoms with Crippen molar-refractivity contribution in [2.45, 2.75) is 96.3 Å². The number of carbonyl (C=O) groups is 1. The quantitative estimate of drug-likeness (QED) is 0.0734. The van der Waals surface area contributed by atoms with Gasteiger partial charge in [0.1, 0.15) is 6.61 Å². The molecule has 1 aliphatic carbocycles. The highest BCUT2D eigenvalue weighted by Crippen LogP contribution is 2.44.